The molecule has 0 heterocycles. The second-order valence-corrected chi connectivity index (χ2v) is 10.5. The van der Waals surface area contributed by atoms with E-state index in [-0.39, 0.29) is 19.1 Å². The van der Waals surface area contributed by atoms with Gasteiger partial charge in [0, 0.05) is 10.7 Å². The van der Waals surface area contributed by atoms with Crippen LogP contribution in [0.25, 0.3) is 0 Å². The molecule has 4 aromatic rings. The van der Waals surface area contributed by atoms with E-state index in [1.807, 2.05) is 30.3 Å². The normalized spacial score (nSPS) is 11.0. The summed E-state index contributed by atoms with van der Waals surface area (Å²) in [5, 5.41) is 3.35. The summed E-state index contributed by atoms with van der Waals surface area (Å²) < 4.78 is 37.4. The van der Waals surface area contributed by atoms with Crippen LogP contribution in [0, 0.1) is 0 Å². The van der Waals surface area contributed by atoms with E-state index in [2.05, 4.69) is 5.32 Å². The van der Waals surface area contributed by atoms with Gasteiger partial charge in [0.2, 0.25) is 10.0 Å². The molecule has 0 spiro atoms. The van der Waals surface area contributed by atoms with E-state index < -0.39 is 10.0 Å². The highest BCUT2D eigenvalue weighted by atomic mass is 35.5. The fraction of sp³-hybridized carbons (Fsp3) is 0.107. The first kappa shape index (κ1) is 26.1. The lowest BCUT2D eigenvalue weighted by Crippen LogP contribution is -2.29. The number of nitrogens with zero attached hydrogens (tertiary/aromatic N) is 1. The fourth-order valence-corrected chi connectivity index (χ4v) is 4.46. The molecule has 0 radical (unpaired) electrons. The minimum absolute atomic E-state index is 0.161. The number of amides is 1. The number of halogens is 1. The lowest BCUT2D eigenvalue weighted by molar-refractivity contribution is -0.118. The molecule has 0 saturated carbocycles. The molecule has 1 amide bonds. The fourth-order valence-electron chi connectivity index (χ4n) is 3.44. The van der Waals surface area contributed by atoms with Crippen LogP contribution in [0.4, 0.5) is 11.4 Å². The monoisotopic (exact) mass is 536 g/mol. The van der Waals surface area contributed by atoms with Gasteiger partial charge in [0.15, 0.2) is 6.61 Å². The standard InChI is InChI=1S/C28H25ClN2O5S/c1-37(33,34)31(19-21-7-9-22(29)10-8-21)24-13-17-25(18-14-24)35-20-28(32)30-23-11-15-27(16-12-23)36-26-5-3-2-4-6-26/h2-18H,19-20H2,1H3,(H,30,32). The second kappa shape index (κ2) is 11.8. The van der Waals surface area contributed by atoms with Gasteiger partial charge in [0.1, 0.15) is 17.2 Å². The van der Waals surface area contributed by atoms with Gasteiger partial charge >= 0.3 is 0 Å². The molecule has 4 aromatic carbocycles. The lowest BCUT2D eigenvalue weighted by atomic mass is 10.2. The molecule has 190 valence electrons. The number of ether oxygens (including phenoxy) is 2. The molecule has 0 atom stereocenters. The Bertz CT molecular complexity index is 1430. The summed E-state index contributed by atoms with van der Waals surface area (Å²) in [7, 11) is -3.53. The van der Waals surface area contributed by atoms with Gasteiger partial charge in [-0.3, -0.25) is 9.10 Å². The largest absolute Gasteiger partial charge is 0.484 e. The average Bonchev–Trinajstić information content (AvgIpc) is 2.89. The zero-order valence-electron chi connectivity index (χ0n) is 20.0. The highest BCUT2D eigenvalue weighted by Crippen LogP contribution is 2.25. The van der Waals surface area contributed by atoms with E-state index in [1.165, 1.54) is 4.31 Å². The Morgan fingerprint density at radius 1 is 0.811 bits per heavy atom. The van der Waals surface area contributed by atoms with Crippen molar-refractivity contribution in [2.75, 3.05) is 22.5 Å². The topological polar surface area (TPSA) is 84.9 Å². The smallest absolute Gasteiger partial charge is 0.262 e. The number of carbonyl (C=O) groups is 1. The van der Waals surface area contributed by atoms with Crippen LogP contribution in [-0.4, -0.2) is 27.2 Å². The number of benzene rings is 4. The molecular weight excluding hydrogens is 512 g/mol. The molecule has 0 saturated heterocycles. The Balaban J connectivity index is 1.31. The van der Waals surface area contributed by atoms with Gasteiger partial charge in [-0.15, -0.1) is 0 Å². The predicted octanol–water partition coefficient (Wildman–Crippen LogP) is 6.12. The third-order valence-electron chi connectivity index (χ3n) is 5.25. The molecule has 0 fully saturated rings. The minimum atomic E-state index is -3.53. The van der Waals surface area contributed by atoms with Crippen LogP contribution >= 0.6 is 11.6 Å². The Hall–Kier alpha value is -4.01. The van der Waals surface area contributed by atoms with Crippen molar-refractivity contribution in [2.45, 2.75) is 6.54 Å². The van der Waals surface area contributed by atoms with Gasteiger partial charge < -0.3 is 14.8 Å². The average molecular weight is 537 g/mol. The van der Waals surface area contributed by atoms with Crippen molar-refractivity contribution < 1.29 is 22.7 Å². The third-order valence-corrected chi connectivity index (χ3v) is 6.64. The van der Waals surface area contributed by atoms with E-state index in [9.17, 15) is 13.2 Å². The molecule has 0 bridgehead atoms. The molecule has 9 heteroatoms. The number of nitrogens with one attached hydrogen (secondary N) is 1. The number of sulfonamides is 1. The van der Waals surface area contributed by atoms with E-state index in [0.717, 1.165) is 17.6 Å². The maximum Gasteiger partial charge on any atom is 0.262 e. The third kappa shape index (κ3) is 7.73. The lowest BCUT2D eigenvalue weighted by Gasteiger charge is -2.23. The van der Waals surface area contributed by atoms with Crippen molar-refractivity contribution in [2.24, 2.45) is 0 Å². The summed E-state index contributed by atoms with van der Waals surface area (Å²) in [5.74, 6) is 1.48. The first-order valence-electron chi connectivity index (χ1n) is 11.3. The van der Waals surface area contributed by atoms with Crippen LogP contribution in [0.3, 0.4) is 0 Å². The number of hydrogen-bond donors (Lipinski definition) is 1. The van der Waals surface area contributed by atoms with Gasteiger partial charge in [-0.05, 0) is 78.4 Å². The van der Waals surface area contributed by atoms with Crippen molar-refractivity contribution in [3.8, 4) is 17.2 Å². The molecule has 0 aliphatic carbocycles. The summed E-state index contributed by atoms with van der Waals surface area (Å²) in [6.45, 7) is -0.0457. The minimum Gasteiger partial charge on any atom is -0.484 e. The molecule has 0 aliphatic rings. The van der Waals surface area contributed by atoms with Gasteiger partial charge in [-0.25, -0.2) is 8.42 Å². The zero-order chi connectivity index (χ0) is 26.3. The van der Waals surface area contributed by atoms with Crippen molar-refractivity contribution in [1.29, 1.82) is 0 Å². The first-order chi connectivity index (χ1) is 17.8. The number of rotatable bonds is 10. The van der Waals surface area contributed by atoms with E-state index in [0.29, 0.717) is 27.9 Å². The van der Waals surface area contributed by atoms with Crippen LogP contribution in [0.2, 0.25) is 5.02 Å². The first-order valence-corrected chi connectivity index (χ1v) is 13.6. The van der Waals surface area contributed by atoms with Crippen LogP contribution in [-0.2, 0) is 21.4 Å². The van der Waals surface area contributed by atoms with E-state index >= 15 is 0 Å². The molecule has 37 heavy (non-hydrogen) atoms. The Kier molecular flexibility index (Phi) is 8.32. The van der Waals surface area contributed by atoms with Crippen LogP contribution in [0.1, 0.15) is 5.56 Å². The van der Waals surface area contributed by atoms with Crippen LogP contribution in [0.5, 0.6) is 17.2 Å². The predicted molar refractivity (Wildman–Crippen MR) is 146 cm³/mol. The highest BCUT2D eigenvalue weighted by Gasteiger charge is 2.18. The summed E-state index contributed by atoms with van der Waals surface area (Å²) in [6.07, 6.45) is 1.15. The summed E-state index contributed by atoms with van der Waals surface area (Å²) in [6, 6.07) is 29.9. The summed E-state index contributed by atoms with van der Waals surface area (Å²) >= 11 is 5.92. The highest BCUT2D eigenvalue weighted by molar-refractivity contribution is 7.92. The molecule has 1 N–H and O–H groups in total. The summed E-state index contributed by atoms with van der Waals surface area (Å²) in [4.78, 5) is 12.3. The van der Waals surface area contributed by atoms with Crippen LogP contribution < -0.4 is 19.1 Å². The maximum absolute atomic E-state index is 12.4. The molecule has 7 nitrogen and oxygen atoms in total. The Morgan fingerprint density at radius 2 is 1.41 bits per heavy atom. The van der Waals surface area contributed by atoms with Crippen LogP contribution in [0.15, 0.2) is 103 Å². The molecule has 4 rings (SSSR count). The number of hydrogen-bond acceptors (Lipinski definition) is 5. The van der Waals surface area contributed by atoms with Crippen molar-refractivity contribution in [1.82, 2.24) is 0 Å². The van der Waals surface area contributed by atoms with Crippen molar-refractivity contribution in [3.63, 3.8) is 0 Å². The molecular formula is C28H25ClN2O5S. The maximum atomic E-state index is 12.4. The quantitative estimate of drug-likeness (QED) is 0.264. The number of anilines is 2. The zero-order valence-corrected chi connectivity index (χ0v) is 21.6. The summed E-state index contributed by atoms with van der Waals surface area (Å²) in [5.41, 5.74) is 1.88. The van der Waals surface area contributed by atoms with Crippen molar-refractivity contribution in [3.05, 3.63) is 114 Å². The van der Waals surface area contributed by atoms with Gasteiger partial charge in [-0.1, -0.05) is 41.9 Å². The van der Waals surface area contributed by atoms with Crippen molar-refractivity contribution >= 4 is 38.9 Å². The molecule has 0 unspecified atom stereocenters. The van der Waals surface area contributed by atoms with Gasteiger partial charge in [0.25, 0.3) is 5.91 Å². The van der Waals surface area contributed by atoms with E-state index in [1.54, 1.807) is 72.8 Å². The van der Waals surface area contributed by atoms with Gasteiger partial charge in [0.05, 0.1) is 18.5 Å². The number of carbonyl (C=O) groups excluding carboxylic acids is 1. The van der Waals surface area contributed by atoms with Gasteiger partial charge in [-0.2, -0.15) is 0 Å². The molecule has 0 aromatic heterocycles. The second-order valence-electron chi connectivity index (χ2n) is 8.17. The Morgan fingerprint density at radius 3 is 2.03 bits per heavy atom. The number of para-hydroxylation sites is 1. The Labute approximate surface area is 221 Å². The molecule has 0 aliphatic heterocycles. The SMILES string of the molecule is CS(=O)(=O)N(Cc1ccc(Cl)cc1)c1ccc(OCC(=O)Nc2ccc(Oc3ccccc3)cc2)cc1. The van der Waals surface area contributed by atoms with E-state index in [4.69, 9.17) is 21.1 Å².